The number of esters is 1. The lowest BCUT2D eigenvalue weighted by Crippen LogP contribution is -2.06. The topological polar surface area (TPSA) is 26.3 Å². The van der Waals surface area contributed by atoms with E-state index >= 15 is 0 Å². The second-order valence-corrected chi connectivity index (χ2v) is 4.24. The van der Waals surface area contributed by atoms with Gasteiger partial charge in [0.15, 0.2) is 0 Å². The predicted molar refractivity (Wildman–Crippen MR) is 65.7 cm³/mol. The van der Waals surface area contributed by atoms with Gasteiger partial charge < -0.3 is 4.74 Å². The van der Waals surface area contributed by atoms with E-state index in [0.29, 0.717) is 12.0 Å². The molecule has 2 nitrogen and oxygen atoms in total. The van der Waals surface area contributed by atoms with Crippen LogP contribution in [0.2, 0.25) is 0 Å². The van der Waals surface area contributed by atoms with Gasteiger partial charge in [0.1, 0.15) is 4.49 Å². The molecule has 1 rings (SSSR count). The molecule has 0 unspecified atom stereocenters. The Morgan fingerprint density at radius 2 is 1.88 bits per heavy atom. The van der Waals surface area contributed by atoms with Crippen molar-refractivity contribution in [2.75, 3.05) is 6.61 Å². The lowest BCUT2D eigenvalue weighted by atomic mass is 10.2. The smallest absolute Gasteiger partial charge is 0.338 e. The Bertz CT molecular complexity index is 381. The Morgan fingerprint density at radius 1 is 1.25 bits per heavy atom. The first-order valence-electron chi connectivity index (χ1n) is 4.84. The molecule has 86 valence electrons. The Labute approximate surface area is 105 Å². The van der Waals surface area contributed by atoms with E-state index in [1.54, 1.807) is 31.2 Å². The molecule has 16 heavy (non-hydrogen) atoms. The minimum Gasteiger partial charge on any atom is -0.462 e. The van der Waals surface area contributed by atoms with Crippen LogP contribution in [0, 0.1) is 0 Å². The molecule has 0 amide bonds. The summed E-state index contributed by atoms with van der Waals surface area (Å²) in [5.74, 6) is -0.334. The van der Waals surface area contributed by atoms with Crippen LogP contribution in [0.5, 0.6) is 0 Å². The quantitative estimate of drug-likeness (QED) is 0.765. The number of ether oxygens (including phenoxy) is 1. The van der Waals surface area contributed by atoms with E-state index in [2.05, 4.69) is 0 Å². The zero-order valence-corrected chi connectivity index (χ0v) is 10.4. The number of rotatable bonds is 4. The van der Waals surface area contributed by atoms with E-state index in [-0.39, 0.29) is 17.1 Å². The average molecular weight is 259 g/mol. The first-order valence-corrected chi connectivity index (χ1v) is 5.60. The minimum absolute atomic E-state index is 0.232. The van der Waals surface area contributed by atoms with Gasteiger partial charge in [0.25, 0.3) is 0 Å². The molecule has 0 radical (unpaired) electrons. The molecule has 0 bridgehead atoms. The summed E-state index contributed by atoms with van der Waals surface area (Å²) in [6.07, 6.45) is 0.543. The van der Waals surface area contributed by atoms with E-state index in [1.165, 1.54) is 0 Å². The highest BCUT2D eigenvalue weighted by Crippen LogP contribution is 2.16. The number of hydrogen-bond acceptors (Lipinski definition) is 2. The fourth-order valence-corrected chi connectivity index (χ4v) is 1.24. The van der Waals surface area contributed by atoms with Crippen molar-refractivity contribution in [2.24, 2.45) is 0 Å². The third-order valence-electron chi connectivity index (χ3n) is 2.04. The van der Waals surface area contributed by atoms with Gasteiger partial charge in [0.05, 0.1) is 12.2 Å². The summed E-state index contributed by atoms with van der Waals surface area (Å²) in [4.78, 5) is 11.5. The second-order valence-electron chi connectivity index (χ2n) is 3.29. The molecule has 0 aliphatic heterocycles. The molecule has 4 heteroatoms. The van der Waals surface area contributed by atoms with Crippen molar-refractivity contribution >= 4 is 29.2 Å². The van der Waals surface area contributed by atoms with Gasteiger partial charge >= 0.3 is 5.97 Å². The number of halogens is 2. The highest BCUT2D eigenvalue weighted by Gasteiger charge is 2.05. The Hall–Kier alpha value is -0.990. The summed E-state index contributed by atoms with van der Waals surface area (Å²) in [6, 6.07) is 8.84. The van der Waals surface area contributed by atoms with Gasteiger partial charge in [0, 0.05) is 6.42 Å². The number of hydrogen-bond donors (Lipinski definition) is 0. The average Bonchev–Trinajstić information content (AvgIpc) is 2.29. The van der Waals surface area contributed by atoms with Gasteiger partial charge in [0.2, 0.25) is 0 Å². The molecule has 0 heterocycles. The van der Waals surface area contributed by atoms with Crippen molar-refractivity contribution in [2.45, 2.75) is 13.3 Å². The molecule has 0 atom stereocenters. The maximum atomic E-state index is 11.5. The van der Waals surface area contributed by atoms with Gasteiger partial charge in [-0.2, -0.15) is 0 Å². The van der Waals surface area contributed by atoms with Crippen LogP contribution < -0.4 is 0 Å². The first kappa shape index (κ1) is 13.1. The molecule has 0 spiro atoms. The summed E-state index contributed by atoms with van der Waals surface area (Å²) in [5, 5.41) is 0. The van der Waals surface area contributed by atoms with E-state index < -0.39 is 0 Å². The zero-order valence-electron chi connectivity index (χ0n) is 8.87. The maximum Gasteiger partial charge on any atom is 0.338 e. The molecule has 0 aliphatic rings. The van der Waals surface area contributed by atoms with Crippen LogP contribution in [0.25, 0.3) is 0 Å². The fraction of sp³-hybridized carbons (Fsp3) is 0.250. The third-order valence-corrected chi connectivity index (χ3v) is 2.69. The Morgan fingerprint density at radius 3 is 2.44 bits per heavy atom. The molecular formula is C12H12Cl2O2. The molecule has 0 aliphatic carbocycles. The van der Waals surface area contributed by atoms with Crippen LogP contribution in [0.15, 0.2) is 40.4 Å². The molecule has 0 aromatic heterocycles. The molecule has 0 N–H and O–H groups in total. The molecule has 1 aromatic rings. The van der Waals surface area contributed by atoms with Crippen LogP contribution in [-0.4, -0.2) is 12.6 Å². The standard InChI is InChI=1S/C12H12Cl2O2/c1-9(11(13)14)7-8-16-12(15)10-5-3-2-4-6-10/h2-6H,7-8H2,1H3. The van der Waals surface area contributed by atoms with Gasteiger partial charge in [-0.05, 0) is 24.6 Å². The van der Waals surface area contributed by atoms with E-state index in [9.17, 15) is 4.79 Å². The molecule has 0 saturated heterocycles. The number of benzene rings is 1. The van der Waals surface area contributed by atoms with Crippen LogP contribution in [0.1, 0.15) is 23.7 Å². The Balaban J connectivity index is 2.40. The van der Waals surface area contributed by atoms with Gasteiger partial charge in [-0.25, -0.2) is 4.79 Å². The summed E-state index contributed by atoms with van der Waals surface area (Å²) in [5.41, 5.74) is 1.35. The zero-order chi connectivity index (χ0) is 12.0. The highest BCUT2D eigenvalue weighted by atomic mass is 35.5. The molecule has 0 saturated carbocycles. The molecule has 1 aromatic carbocycles. The minimum atomic E-state index is -0.334. The van der Waals surface area contributed by atoms with Crippen LogP contribution in [-0.2, 0) is 4.74 Å². The number of carbonyl (C=O) groups is 1. The maximum absolute atomic E-state index is 11.5. The van der Waals surface area contributed by atoms with Crippen LogP contribution in [0.3, 0.4) is 0 Å². The van der Waals surface area contributed by atoms with Crippen molar-refractivity contribution < 1.29 is 9.53 Å². The van der Waals surface area contributed by atoms with Crippen molar-refractivity contribution in [1.82, 2.24) is 0 Å². The second kappa shape index (κ2) is 6.56. The van der Waals surface area contributed by atoms with Crippen LogP contribution in [0.4, 0.5) is 0 Å². The van der Waals surface area contributed by atoms with Crippen LogP contribution >= 0.6 is 23.2 Å². The summed E-state index contributed by atoms with van der Waals surface area (Å²) in [6.45, 7) is 2.08. The molecular weight excluding hydrogens is 247 g/mol. The molecule has 0 fully saturated rings. The van der Waals surface area contributed by atoms with Gasteiger partial charge in [-0.1, -0.05) is 41.4 Å². The largest absolute Gasteiger partial charge is 0.462 e. The van der Waals surface area contributed by atoms with E-state index in [1.807, 2.05) is 6.07 Å². The highest BCUT2D eigenvalue weighted by molar-refractivity contribution is 6.56. The van der Waals surface area contributed by atoms with Crippen molar-refractivity contribution in [3.63, 3.8) is 0 Å². The lowest BCUT2D eigenvalue weighted by Gasteiger charge is -2.04. The van der Waals surface area contributed by atoms with Crippen molar-refractivity contribution in [1.29, 1.82) is 0 Å². The first-order chi connectivity index (χ1) is 7.61. The lowest BCUT2D eigenvalue weighted by molar-refractivity contribution is 0.0509. The predicted octanol–water partition coefficient (Wildman–Crippen LogP) is 3.94. The Kier molecular flexibility index (Phi) is 5.36. The van der Waals surface area contributed by atoms with Crippen molar-refractivity contribution in [3.8, 4) is 0 Å². The number of carbonyl (C=O) groups excluding carboxylic acids is 1. The third kappa shape index (κ3) is 4.25. The van der Waals surface area contributed by atoms with Gasteiger partial charge in [-0.15, -0.1) is 0 Å². The monoisotopic (exact) mass is 258 g/mol. The fourth-order valence-electron chi connectivity index (χ4n) is 1.05. The summed E-state index contributed by atoms with van der Waals surface area (Å²) >= 11 is 11.1. The summed E-state index contributed by atoms with van der Waals surface area (Å²) < 4.78 is 5.29. The van der Waals surface area contributed by atoms with E-state index in [4.69, 9.17) is 27.9 Å². The van der Waals surface area contributed by atoms with E-state index in [0.717, 1.165) is 5.57 Å². The SMILES string of the molecule is CC(CCOC(=O)c1ccccc1)=C(Cl)Cl. The summed E-state index contributed by atoms with van der Waals surface area (Å²) in [7, 11) is 0. The van der Waals surface area contributed by atoms with Gasteiger partial charge in [-0.3, -0.25) is 0 Å². The van der Waals surface area contributed by atoms with Crippen molar-refractivity contribution in [3.05, 3.63) is 46.0 Å². The normalized spacial score (nSPS) is 9.69.